The van der Waals surface area contributed by atoms with E-state index in [4.69, 9.17) is 25.8 Å². The highest BCUT2D eigenvalue weighted by atomic mass is 35.5. The zero-order valence-corrected chi connectivity index (χ0v) is 21.2. The Labute approximate surface area is 208 Å². The number of anilines is 1. The lowest BCUT2D eigenvalue weighted by atomic mass is 10.2. The second-order valence-electron chi connectivity index (χ2n) is 8.21. The van der Waals surface area contributed by atoms with Crippen molar-refractivity contribution in [3.8, 4) is 17.3 Å². The number of ether oxygens (including phenoxy) is 3. The zero-order valence-electron chi connectivity index (χ0n) is 19.6. The number of nitrogens with zero attached hydrogens (tertiary/aromatic N) is 6. The maximum Gasteiger partial charge on any atom is 0.240 e. The molecule has 1 aliphatic heterocycles. The van der Waals surface area contributed by atoms with Crippen LogP contribution in [0.2, 0.25) is 5.02 Å². The van der Waals surface area contributed by atoms with Crippen molar-refractivity contribution in [2.45, 2.75) is 44.3 Å². The molecule has 188 valence electrons. The number of fused-ring (bicyclic) bond motifs is 3. The van der Waals surface area contributed by atoms with Crippen LogP contribution in [0.5, 0.6) is 5.88 Å². The molecular weight excluding hydrogens is 498 g/mol. The molecule has 0 saturated carbocycles. The lowest BCUT2D eigenvalue weighted by molar-refractivity contribution is 0.00154. The molecule has 4 heterocycles. The summed E-state index contributed by atoms with van der Waals surface area (Å²) in [5, 5.41) is 7.62. The van der Waals surface area contributed by atoms with Gasteiger partial charge in [-0.15, -0.1) is 10.2 Å². The van der Waals surface area contributed by atoms with Crippen LogP contribution in [0, 0.1) is 0 Å². The van der Waals surface area contributed by atoms with Crippen LogP contribution in [0.3, 0.4) is 0 Å². The maximum absolute atomic E-state index is 13.5. The predicted molar refractivity (Wildman–Crippen MR) is 128 cm³/mol. The zero-order chi connectivity index (χ0) is 25.2. The Hall–Kier alpha value is -2.87. The SMILES string of the molecule is COC[C@@H]1COc2ncccc2-c2nnc(NS(=O)(=O)C(C)C(OC(C)C)c3ncc(Cl)cn3)n21. The maximum atomic E-state index is 13.5. The lowest BCUT2D eigenvalue weighted by Crippen LogP contribution is -2.35. The lowest BCUT2D eigenvalue weighted by Gasteiger charge is -2.26. The van der Waals surface area contributed by atoms with Crippen molar-refractivity contribution in [2.75, 3.05) is 25.0 Å². The first kappa shape index (κ1) is 25.2. The highest BCUT2D eigenvalue weighted by molar-refractivity contribution is 7.93. The van der Waals surface area contributed by atoms with Crippen LogP contribution < -0.4 is 9.46 Å². The minimum Gasteiger partial charge on any atom is -0.475 e. The van der Waals surface area contributed by atoms with Crippen LogP contribution in [-0.4, -0.2) is 69.8 Å². The monoisotopic (exact) mass is 523 g/mol. The summed E-state index contributed by atoms with van der Waals surface area (Å²) >= 11 is 5.90. The van der Waals surface area contributed by atoms with E-state index in [9.17, 15) is 8.42 Å². The van der Waals surface area contributed by atoms with E-state index in [-0.39, 0.29) is 31.1 Å². The van der Waals surface area contributed by atoms with E-state index in [0.717, 1.165) is 0 Å². The second-order valence-corrected chi connectivity index (χ2v) is 10.7. The minimum absolute atomic E-state index is 0.0227. The van der Waals surface area contributed by atoms with Crippen molar-refractivity contribution >= 4 is 27.6 Å². The molecule has 0 saturated heterocycles. The fraction of sp³-hybridized carbons (Fsp3) is 0.476. The molecule has 0 amide bonds. The van der Waals surface area contributed by atoms with Gasteiger partial charge in [0.15, 0.2) is 11.6 Å². The third kappa shape index (κ3) is 5.37. The van der Waals surface area contributed by atoms with Gasteiger partial charge in [0.1, 0.15) is 18.0 Å². The number of hydrogen-bond donors (Lipinski definition) is 1. The second kappa shape index (κ2) is 10.4. The molecule has 0 aliphatic carbocycles. The number of aromatic nitrogens is 6. The van der Waals surface area contributed by atoms with Crippen LogP contribution in [0.4, 0.5) is 5.95 Å². The fourth-order valence-electron chi connectivity index (χ4n) is 3.66. The van der Waals surface area contributed by atoms with Crippen molar-refractivity contribution in [3.05, 3.63) is 41.6 Å². The Morgan fingerprint density at radius 2 is 1.97 bits per heavy atom. The molecule has 0 fully saturated rings. The number of methoxy groups -OCH3 is 1. The summed E-state index contributed by atoms with van der Waals surface area (Å²) in [6, 6.07) is 3.11. The Bertz CT molecular complexity index is 1270. The van der Waals surface area contributed by atoms with Crippen molar-refractivity contribution in [1.29, 1.82) is 0 Å². The van der Waals surface area contributed by atoms with Crippen LogP contribution in [0.25, 0.3) is 11.4 Å². The fourth-order valence-corrected chi connectivity index (χ4v) is 4.85. The molecule has 1 aliphatic rings. The van der Waals surface area contributed by atoms with E-state index in [1.807, 2.05) is 0 Å². The quantitative estimate of drug-likeness (QED) is 0.444. The summed E-state index contributed by atoms with van der Waals surface area (Å²) in [6.45, 7) is 5.54. The summed E-state index contributed by atoms with van der Waals surface area (Å²) in [6.07, 6.45) is 3.15. The van der Waals surface area contributed by atoms with Gasteiger partial charge >= 0.3 is 0 Å². The number of pyridine rings is 1. The molecule has 12 nitrogen and oxygen atoms in total. The van der Waals surface area contributed by atoms with Gasteiger partial charge in [-0.25, -0.2) is 23.4 Å². The first-order valence-electron chi connectivity index (χ1n) is 10.9. The number of rotatable bonds is 9. The predicted octanol–water partition coefficient (Wildman–Crippen LogP) is 2.66. The van der Waals surface area contributed by atoms with E-state index in [0.29, 0.717) is 22.3 Å². The van der Waals surface area contributed by atoms with E-state index >= 15 is 0 Å². The standard InChI is InChI=1S/C21H26ClN7O5S/c1-12(2)34-17(18-24-8-14(22)9-25-18)13(3)35(30,31)28-21-27-26-19-16-6-5-7-23-20(16)33-11-15(10-32-4)29(19)21/h5-9,12-13,15,17H,10-11H2,1-4H3,(H,27,28)/t13?,15-,17?/m1/s1. The Balaban J connectivity index is 1.70. The van der Waals surface area contributed by atoms with Crippen LogP contribution >= 0.6 is 11.6 Å². The molecule has 0 aromatic carbocycles. The average molecular weight is 524 g/mol. The molecule has 0 bridgehead atoms. The van der Waals surface area contributed by atoms with Crippen molar-refractivity contribution in [2.24, 2.45) is 0 Å². The Morgan fingerprint density at radius 1 is 1.23 bits per heavy atom. The number of hydrogen-bond acceptors (Lipinski definition) is 10. The van der Waals surface area contributed by atoms with Gasteiger partial charge in [0.25, 0.3) is 0 Å². The van der Waals surface area contributed by atoms with Gasteiger partial charge in [0, 0.05) is 25.7 Å². The molecule has 35 heavy (non-hydrogen) atoms. The molecule has 3 aromatic rings. The van der Waals surface area contributed by atoms with Gasteiger partial charge in [-0.2, -0.15) is 0 Å². The summed E-state index contributed by atoms with van der Waals surface area (Å²) < 4.78 is 48.3. The average Bonchev–Trinajstić information content (AvgIpc) is 3.15. The molecular formula is C21H26ClN7O5S. The van der Waals surface area contributed by atoms with Crippen molar-refractivity contribution < 1.29 is 22.6 Å². The van der Waals surface area contributed by atoms with Gasteiger partial charge in [0.05, 0.1) is 29.3 Å². The molecule has 3 atom stereocenters. The van der Waals surface area contributed by atoms with Crippen LogP contribution in [0.15, 0.2) is 30.7 Å². The van der Waals surface area contributed by atoms with Gasteiger partial charge in [-0.3, -0.25) is 9.29 Å². The van der Waals surface area contributed by atoms with Gasteiger partial charge in [0.2, 0.25) is 21.9 Å². The van der Waals surface area contributed by atoms with E-state index < -0.39 is 27.4 Å². The van der Waals surface area contributed by atoms with Gasteiger partial charge in [-0.05, 0) is 32.9 Å². The highest BCUT2D eigenvalue weighted by Gasteiger charge is 2.37. The summed E-state index contributed by atoms with van der Waals surface area (Å²) in [5.74, 6) is 1.02. The molecule has 2 unspecified atom stereocenters. The number of halogens is 1. The van der Waals surface area contributed by atoms with E-state index in [2.05, 4.69) is 29.9 Å². The first-order chi connectivity index (χ1) is 16.7. The third-order valence-corrected chi connectivity index (χ3v) is 7.20. The Kier molecular flexibility index (Phi) is 7.50. The normalized spacial score (nSPS) is 17.1. The first-order valence-corrected chi connectivity index (χ1v) is 12.8. The topological polar surface area (TPSA) is 143 Å². The molecule has 14 heteroatoms. The molecule has 0 radical (unpaired) electrons. The molecule has 0 spiro atoms. The molecule has 4 rings (SSSR count). The highest BCUT2D eigenvalue weighted by Crippen LogP contribution is 2.35. The van der Waals surface area contributed by atoms with E-state index in [1.165, 1.54) is 19.3 Å². The molecule has 3 aromatic heterocycles. The van der Waals surface area contributed by atoms with Gasteiger partial charge in [-0.1, -0.05) is 11.6 Å². The van der Waals surface area contributed by atoms with Crippen LogP contribution in [0.1, 0.15) is 38.7 Å². The summed E-state index contributed by atoms with van der Waals surface area (Å²) in [7, 11) is -2.51. The summed E-state index contributed by atoms with van der Waals surface area (Å²) in [5.41, 5.74) is 0.590. The van der Waals surface area contributed by atoms with Crippen LogP contribution in [-0.2, 0) is 19.5 Å². The van der Waals surface area contributed by atoms with Crippen molar-refractivity contribution in [1.82, 2.24) is 29.7 Å². The largest absolute Gasteiger partial charge is 0.475 e. The van der Waals surface area contributed by atoms with Crippen molar-refractivity contribution in [3.63, 3.8) is 0 Å². The Morgan fingerprint density at radius 3 is 2.66 bits per heavy atom. The third-order valence-electron chi connectivity index (χ3n) is 5.31. The van der Waals surface area contributed by atoms with E-state index in [1.54, 1.807) is 43.9 Å². The number of nitrogens with one attached hydrogen (secondary N) is 1. The van der Waals surface area contributed by atoms with Gasteiger partial charge < -0.3 is 14.2 Å². The minimum atomic E-state index is -4.06. The number of sulfonamides is 1. The summed E-state index contributed by atoms with van der Waals surface area (Å²) in [4.78, 5) is 12.6. The smallest absolute Gasteiger partial charge is 0.240 e. The molecule has 1 N–H and O–H groups in total.